The van der Waals surface area contributed by atoms with E-state index >= 15 is 0 Å². The van der Waals surface area contributed by atoms with Crippen LogP contribution in [0.4, 0.5) is 4.79 Å². The van der Waals surface area contributed by atoms with Crippen LogP contribution in [0.25, 0.3) is 11.5 Å². The second-order valence-corrected chi connectivity index (χ2v) is 10.8. The molecule has 0 atom stereocenters. The molecule has 0 unspecified atom stereocenters. The Morgan fingerprint density at radius 2 is 1.84 bits per heavy atom. The Kier molecular flexibility index (Phi) is 8.63. The third kappa shape index (κ3) is 7.64. The lowest BCUT2D eigenvalue weighted by molar-refractivity contribution is 0.0183. The molecule has 2 aromatic heterocycles. The summed E-state index contributed by atoms with van der Waals surface area (Å²) in [7, 11) is 1.85. The fourth-order valence-electron chi connectivity index (χ4n) is 4.39. The van der Waals surface area contributed by atoms with Gasteiger partial charge < -0.3 is 29.0 Å². The highest BCUT2D eigenvalue weighted by molar-refractivity contribution is 5.92. The molecule has 2 aromatic rings. The van der Waals surface area contributed by atoms with Gasteiger partial charge in [-0.25, -0.2) is 14.8 Å². The van der Waals surface area contributed by atoms with Crippen LogP contribution < -0.4 is 10.1 Å². The van der Waals surface area contributed by atoms with Gasteiger partial charge in [0, 0.05) is 46.0 Å². The van der Waals surface area contributed by atoms with Gasteiger partial charge in [-0.2, -0.15) is 4.98 Å². The van der Waals surface area contributed by atoms with E-state index in [0.29, 0.717) is 49.6 Å². The van der Waals surface area contributed by atoms with E-state index < -0.39 is 5.60 Å². The summed E-state index contributed by atoms with van der Waals surface area (Å²) in [6.07, 6.45) is 6.52. The Hall–Kier alpha value is -3.21. The Morgan fingerprint density at radius 1 is 1.11 bits per heavy atom. The van der Waals surface area contributed by atoms with Gasteiger partial charge in [0.15, 0.2) is 5.82 Å². The lowest BCUT2D eigenvalue weighted by Crippen LogP contribution is -2.43. The molecule has 4 rings (SSSR count). The van der Waals surface area contributed by atoms with E-state index in [1.807, 2.05) is 27.8 Å². The number of aromatic nitrogens is 4. The molecule has 202 valence electrons. The van der Waals surface area contributed by atoms with Crippen LogP contribution in [0, 0.1) is 11.8 Å². The van der Waals surface area contributed by atoms with E-state index in [1.54, 1.807) is 28.1 Å². The van der Waals surface area contributed by atoms with Gasteiger partial charge in [-0.15, -0.1) is 0 Å². The normalized spacial score (nSPS) is 17.5. The van der Waals surface area contributed by atoms with E-state index in [1.165, 1.54) is 0 Å². The lowest BCUT2D eigenvalue weighted by atomic mass is 9.97. The summed E-state index contributed by atoms with van der Waals surface area (Å²) < 4.78 is 18.7. The molecule has 0 aliphatic carbocycles. The average Bonchev–Trinajstić information content (AvgIpc) is 3.31. The second-order valence-electron chi connectivity index (χ2n) is 10.8. The maximum Gasteiger partial charge on any atom is 0.410 e. The minimum Gasteiger partial charge on any atom is -0.477 e. The molecule has 2 saturated heterocycles. The van der Waals surface area contributed by atoms with Crippen molar-refractivity contribution in [3.8, 4) is 17.4 Å². The molecule has 2 aliphatic heterocycles. The Labute approximate surface area is 217 Å². The van der Waals surface area contributed by atoms with Crippen molar-refractivity contribution in [3.05, 3.63) is 24.3 Å². The zero-order valence-corrected chi connectivity index (χ0v) is 22.2. The molecule has 1 N–H and O–H groups in total. The highest BCUT2D eigenvalue weighted by Crippen LogP contribution is 2.22. The first-order chi connectivity index (χ1) is 17.7. The molecule has 11 heteroatoms. The molecule has 0 spiro atoms. The minimum absolute atomic E-state index is 0.249. The Balaban J connectivity index is 1.37. The van der Waals surface area contributed by atoms with E-state index in [0.717, 1.165) is 38.9 Å². The maximum atomic E-state index is 13.1. The number of aryl methyl sites for hydroxylation is 1. The van der Waals surface area contributed by atoms with Gasteiger partial charge in [0.1, 0.15) is 17.0 Å². The first-order valence-corrected chi connectivity index (χ1v) is 13.0. The second kappa shape index (κ2) is 11.9. The highest BCUT2D eigenvalue weighted by Gasteiger charge is 2.27. The monoisotopic (exact) mass is 514 g/mol. The zero-order valence-electron chi connectivity index (χ0n) is 22.2. The molecule has 4 heterocycles. The summed E-state index contributed by atoms with van der Waals surface area (Å²) >= 11 is 0. The number of nitrogens with one attached hydrogen (secondary N) is 1. The summed E-state index contributed by atoms with van der Waals surface area (Å²) in [5.41, 5.74) is 0.431. The van der Waals surface area contributed by atoms with Crippen LogP contribution in [0.5, 0.6) is 5.88 Å². The number of amides is 2. The highest BCUT2D eigenvalue weighted by atomic mass is 16.6. The van der Waals surface area contributed by atoms with Crippen LogP contribution in [-0.4, -0.2) is 81.5 Å². The number of ether oxygens (including phenoxy) is 3. The molecule has 0 saturated carbocycles. The fourth-order valence-corrected chi connectivity index (χ4v) is 4.39. The van der Waals surface area contributed by atoms with E-state index in [-0.39, 0.29) is 23.6 Å². The molecule has 2 amide bonds. The van der Waals surface area contributed by atoms with Crippen LogP contribution in [0.15, 0.2) is 18.6 Å². The summed E-state index contributed by atoms with van der Waals surface area (Å²) in [6.45, 7) is 9.30. The molecule has 0 aromatic carbocycles. The molecule has 37 heavy (non-hydrogen) atoms. The van der Waals surface area contributed by atoms with Crippen LogP contribution in [-0.2, 0) is 16.5 Å². The summed E-state index contributed by atoms with van der Waals surface area (Å²) in [4.78, 5) is 40.3. The van der Waals surface area contributed by atoms with Crippen LogP contribution in [0.1, 0.15) is 56.9 Å². The summed E-state index contributed by atoms with van der Waals surface area (Å²) in [6, 6.07) is 1.60. The van der Waals surface area contributed by atoms with Crippen molar-refractivity contribution in [2.45, 2.75) is 52.1 Å². The van der Waals surface area contributed by atoms with Crippen molar-refractivity contribution in [3.63, 3.8) is 0 Å². The third-order valence-corrected chi connectivity index (χ3v) is 6.61. The predicted octanol–water partition coefficient (Wildman–Crippen LogP) is 3.06. The fraction of sp³-hybridized carbons (Fsp3) is 0.654. The van der Waals surface area contributed by atoms with E-state index in [2.05, 4.69) is 20.3 Å². The van der Waals surface area contributed by atoms with Crippen LogP contribution >= 0.6 is 0 Å². The standard InChI is InChI=1S/C26H38N6O5/c1-26(2,3)37-25(34)32-9-5-18(6-10-32)14-28-24(33)20-13-22(36-16-19-7-11-35-12-8-19)30-23(29-20)21-15-27-17-31(21)4/h13,15,17-19H,5-12,14,16H2,1-4H3,(H,28,33). The van der Waals surface area contributed by atoms with E-state index in [4.69, 9.17) is 14.2 Å². The van der Waals surface area contributed by atoms with Gasteiger partial charge >= 0.3 is 6.09 Å². The molecule has 2 aliphatic rings. The van der Waals surface area contributed by atoms with Gasteiger partial charge in [0.25, 0.3) is 5.91 Å². The first-order valence-electron chi connectivity index (χ1n) is 13.0. The van der Waals surface area contributed by atoms with Crippen molar-refractivity contribution in [1.82, 2.24) is 29.7 Å². The summed E-state index contributed by atoms with van der Waals surface area (Å²) in [5, 5.41) is 3.01. The minimum atomic E-state index is -0.513. The predicted molar refractivity (Wildman–Crippen MR) is 136 cm³/mol. The van der Waals surface area contributed by atoms with Crippen molar-refractivity contribution >= 4 is 12.0 Å². The van der Waals surface area contributed by atoms with Gasteiger partial charge in [-0.05, 0) is 58.3 Å². The Bertz CT molecular complexity index is 1070. The largest absolute Gasteiger partial charge is 0.477 e. The number of hydrogen-bond acceptors (Lipinski definition) is 8. The Morgan fingerprint density at radius 3 is 2.49 bits per heavy atom. The molecular weight excluding hydrogens is 476 g/mol. The van der Waals surface area contributed by atoms with Gasteiger partial charge in [0.2, 0.25) is 5.88 Å². The van der Waals surface area contributed by atoms with Gasteiger partial charge in [0.05, 0.1) is 19.1 Å². The maximum absolute atomic E-state index is 13.1. The number of nitrogens with zero attached hydrogens (tertiary/aromatic N) is 5. The number of imidazole rings is 1. The van der Waals surface area contributed by atoms with Gasteiger partial charge in [-0.1, -0.05) is 0 Å². The van der Waals surface area contributed by atoms with Crippen LogP contribution in [0.3, 0.4) is 0 Å². The number of likely N-dealkylation sites (tertiary alicyclic amines) is 1. The topological polar surface area (TPSA) is 121 Å². The molecule has 2 fully saturated rings. The number of carbonyl (C=O) groups excluding carboxylic acids is 2. The SMILES string of the molecule is Cn1cncc1-c1nc(OCC2CCOCC2)cc(C(=O)NCC2CCN(C(=O)OC(C)(C)C)CC2)n1. The van der Waals surface area contributed by atoms with Gasteiger partial charge in [-0.3, -0.25) is 4.79 Å². The van der Waals surface area contributed by atoms with Crippen molar-refractivity contribution in [2.75, 3.05) is 39.5 Å². The summed E-state index contributed by atoms with van der Waals surface area (Å²) in [5.74, 6) is 1.14. The van der Waals surface area contributed by atoms with Crippen LogP contribution in [0.2, 0.25) is 0 Å². The number of piperidine rings is 1. The molecular formula is C26H38N6O5. The lowest BCUT2D eigenvalue weighted by Gasteiger charge is -2.33. The smallest absolute Gasteiger partial charge is 0.410 e. The van der Waals surface area contributed by atoms with Crippen molar-refractivity contribution in [2.24, 2.45) is 18.9 Å². The number of hydrogen-bond donors (Lipinski definition) is 1. The third-order valence-electron chi connectivity index (χ3n) is 6.61. The molecule has 11 nitrogen and oxygen atoms in total. The number of carbonyl (C=O) groups is 2. The zero-order chi connectivity index (χ0) is 26.4. The average molecular weight is 515 g/mol. The quantitative estimate of drug-likeness (QED) is 0.599. The molecule has 0 radical (unpaired) electrons. The first kappa shape index (κ1) is 26.8. The van der Waals surface area contributed by atoms with Crippen molar-refractivity contribution in [1.29, 1.82) is 0 Å². The van der Waals surface area contributed by atoms with E-state index in [9.17, 15) is 9.59 Å². The van der Waals surface area contributed by atoms with Crippen molar-refractivity contribution < 1.29 is 23.8 Å². The molecule has 0 bridgehead atoms. The number of rotatable bonds is 7.